The van der Waals surface area contributed by atoms with Crippen molar-refractivity contribution in [3.8, 4) is 0 Å². The van der Waals surface area contributed by atoms with Gasteiger partial charge in [0.25, 0.3) is 10.0 Å². The maximum Gasteiger partial charge on any atom is 0.261 e. The SMILES string of the molecule is CCCN1CCN(c2ncc(NS(=O)(=O)c3ccc(C(C)C)cc3)cn2)CC1.Cl. The molecule has 2 heterocycles. The Labute approximate surface area is 180 Å². The smallest absolute Gasteiger partial charge is 0.261 e. The van der Waals surface area contributed by atoms with E-state index in [0.29, 0.717) is 17.6 Å². The molecule has 9 heteroatoms. The maximum absolute atomic E-state index is 12.6. The molecule has 1 aromatic carbocycles. The van der Waals surface area contributed by atoms with E-state index < -0.39 is 10.0 Å². The first-order valence-electron chi connectivity index (χ1n) is 9.81. The van der Waals surface area contributed by atoms with Crippen molar-refractivity contribution in [3.63, 3.8) is 0 Å². The fourth-order valence-corrected chi connectivity index (χ4v) is 4.30. The normalized spacial score (nSPS) is 15.2. The molecule has 7 nitrogen and oxygen atoms in total. The molecule has 1 aliphatic rings. The number of halogens is 1. The van der Waals surface area contributed by atoms with E-state index in [9.17, 15) is 8.42 Å². The van der Waals surface area contributed by atoms with Gasteiger partial charge in [0.2, 0.25) is 5.95 Å². The van der Waals surface area contributed by atoms with Crippen molar-refractivity contribution >= 4 is 34.1 Å². The van der Waals surface area contributed by atoms with Crippen LogP contribution in [-0.4, -0.2) is 56.0 Å². The molecule has 1 N–H and O–H groups in total. The lowest BCUT2D eigenvalue weighted by Crippen LogP contribution is -2.47. The van der Waals surface area contributed by atoms with Gasteiger partial charge in [-0.2, -0.15) is 0 Å². The summed E-state index contributed by atoms with van der Waals surface area (Å²) in [5.41, 5.74) is 1.46. The average molecular weight is 440 g/mol. The van der Waals surface area contributed by atoms with Gasteiger partial charge in [0.15, 0.2) is 0 Å². The Kier molecular flexibility index (Phi) is 8.24. The van der Waals surface area contributed by atoms with Gasteiger partial charge in [0.1, 0.15) is 0 Å². The predicted octanol–water partition coefficient (Wildman–Crippen LogP) is 3.35. The Balaban J connectivity index is 0.00000300. The second-order valence-corrected chi connectivity index (χ2v) is 9.11. The first-order valence-corrected chi connectivity index (χ1v) is 11.3. The first-order chi connectivity index (χ1) is 13.4. The first kappa shape index (κ1) is 23.4. The molecule has 1 aliphatic heterocycles. The zero-order valence-corrected chi connectivity index (χ0v) is 18.8. The van der Waals surface area contributed by atoms with Crippen molar-refractivity contribution in [1.29, 1.82) is 0 Å². The maximum atomic E-state index is 12.6. The van der Waals surface area contributed by atoms with Gasteiger partial charge in [0, 0.05) is 26.2 Å². The highest BCUT2D eigenvalue weighted by Crippen LogP contribution is 2.20. The van der Waals surface area contributed by atoms with E-state index in [1.807, 2.05) is 12.1 Å². The van der Waals surface area contributed by atoms with Gasteiger partial charge in [0.05, 0.1) is 23.0 Å². The molecule has 0 bridgehead atoms. The minimum absolute atomic E-state index is 0. The molecule has 3 rings (SSSR count). The van der Waals surface area contributed by atoms with E-state index in [4.69, 9.17) is 0 Å². The van der Waals surface area contributed by atoms with Crippen LogP contribution >= 0.6 is 12.4 Å². The number of sulfonamides is 1. The predicted molar refractivity (Wildman–Crippen MR) is 120 cm³/mol. The van der Waals surface area contributed by atoms with E-state index in [2.05, 4.69) is 45.3 Å². The van der Waals surface area contributed by atoms with E-state index in [0.717, 1.165) is 44.7 Å². The summed E-state index contributed by atoms with van der Waals surface area (Å²) in [7, 11) is -3.66. The van der Waals surface area contributed by atoms with Crippen LogP contribution in [0.5, 0.6) is 0 Å². The third-order valence-corrected chi connectivity index (χ3v) is 6.34. The number of anilines is 2. The number of benzene rings is 1. The largest absolute Gasteiger partial charge is 0.338 e. The fourth-order valence-electron chi connectivity index (χ4n) is 3.27. The zero-order chi connectivity index (χ0) is 20.1. The van der Waals surface area contributed by atoms with Gasteiger partial charge in [-0.05, 0) is 36.6 Å². The molecule has 1 fully saturated rings. The highest BCUT2D eigenvalue weighted by atomic mass is 35.5. The summed E-state index contributed by atoms with van der Waals surface area (Å²) in [6.45, 7) is 11.2. The number of aromatic nitrogens is 2. The molecule has 0 aliphatic carbocycles. The quantitative estimate of drug-likeness (QED) is 0.712. The lowest BCUT2D eigenvalue weighted by molar-refractivity contribution is 0.257. The molecular formula is C20H30ClN5O2S. The molecule has 0 saturated carbocycles. The molecule has 2 aromatic rings. The van der Waals surface area contributed by atoms with Crippen LogP contribution in [0.15, 0.2) is 41.6 Å². The van der Waals surface area contributed by atoms with Crippen molar-refractivity contribution in [1.82, 2.24) is 14.9 Å². The monoisotopic (exact) mass is 439 g/mol. The van der Waals surface area contributed by atoms with Gasteiger partial charge >= 0.3 is 0 Å². The molecule has 0 spiro atoms. The van der Waals surface area contributed by atoms with Crippen LogP contribution in [0, 0.1) is 0 Å². The van der Waals surface area contributed by atoms with Crippen molar-refractivity contribution in [2.24, 2.45) is 0 Å². The minimum atomic E-state index is -3.66. The van der Waals surface area contributed by atoms with Crippen LogP contribution < -0.4 is 9.62 Å². The van der Waals surface area contributed by atoms with Crippen LogP contribution in [-0.2, 0) is 10.0 Å². The summed E-state index contributed by atoms with van der Waals surface area (Å²) < 4.78 is 27.7. The van der Waals surface area contributed by atoms with Crippen LogP contribution in [0.1, 0.15) is 38.7 Å². The Hall–Kier alpha value is -1.90. The molecular weight excluding hydrogens is 410 g/mol. The van der Waals surface area contributed by atoms with E-state index in [1.165, 1.54) is 12.4 Å². The topological polar surface area (TPSA) is 78.4 Å². The van der Waals surface area contributed by atoms with Crippen LogP contribution in [0.3, 0.4) is 0 Å². The molecule has 1 saturated heterocycles. The summed E-state index contributed by atoms with van der Waals surface area (Å²) >= 11 is 0. The van der Waals surface area contributed by atoms with Gasteiger partial charge in [-0.3, -0.25) is 9.62 Å². The van der Waals surface area contributed by atoms with Gasteiger partial charge in [-0.25, -0.2) is 18.4 Å². The van der Waals surface area contributed by atoms with Crippen LogP contribution in [0.25, 0.3) is 0 Å². The third-order valence-electron chi connectivity index (χ3n) is 4.94. The second-order valence-electron chi connectivity index (χ2n) is 7.43. The summed E-state index contributed by atoms with van der Waals surface area (Å²) in [6.07, 6.45) is 4.22. The molecule has 0 atom stereocenters. The molecule has 1 aromatic heterocycles. The van der Waals surface area contributed by atoms with Crippen molar-refractivity contribution in [3.05, 3.63) is 42.2 Å². The highest BCUT2D eigenvalue weighted by Gasteiger charge is 2.19. The molecule has 0 unspecified atom stereocenters. The van der Waals surface area contributed by atoms with Crippen molar-refractivity contribution in [2.75, 3.05) is 42.3 Å². The number of piperazine rings is 1. The Bertz CT molecular complexity index is 865. The van der Waals surface area contributed by atoms with E-state index in [1.54, 1.807) is 12.1 Å². The molecule has 29 heavy (non-hydrogen) atoms. The number of nitrogens with zero attached hydrogens (tertiary/aromatic N) is 4. The van der Waals surface area contributed by atoms with Crippen molar-refractivity contribution < 1.29 is 8.42 Å². The Morgan fingerprint density at radius 3 is 2.14 bits per heavy atom. The molecule has 0 amide bonds. The van der Waals surface area contributed by atoms with Gasteiger partial charge < -0.3 is 4.90 Å². The standard InChI is InChI=1S/C20H29N5O2S.ClH/c1-4-9-24-10-12-25(13-11-24)20-21-14-18(15-22-20)23-28(26,27)19-7-5-17(6-8-19)16(2)3;/h5-8,14-16,23H,4,9-13H2,1-3H3;1H. The van der Waals surface area contributed by atoms with Gasteiger partial charge in [-0.1, -0.05) is 32.9 Å². The van der Waals surface area contributed by atoms with Gasteiger partial charge in [-0.15, -0.1) is 12.4 Å². The molecule has 160 valence electrons. The number of hydrogen-bond donors (Lipinski definition) is 1. The minimum Gasteiger partial charge on any atom is -0.338 e. The lowest BCUT2D eigenvalue weighted by Gasteiger charge is -2.34. The molecule has 0 radical (unpaired) electrons. The fraction of sp³-hybridized carbons (Fsp3) is 0.500. The van der Waals surface area contributed by atoms with Crippen LogP contribution in [0.4, 0.5) is 11.6 Å². The Morgan fingerprint density at radius 1 is 1.03 bits per heavy atom. The number of nitrogens with one attached hydrogen (secondary N) is 1. The average Bonchev–Trinajstić information content (AvgIpc) is 2.69. The lowest BCUT2D eigenvalue weighted by atomic mass is 10.0. The summed E-state index contributed by atoms with van der Waals surface area (Å²) in [5, 5.41) is 0. The summed E-state index contributed by atoms with van der Waals surface area (Å²) in [4.78, 5) is 13.5. The summed E-state index contributed by atoms with van der Waals surface area (Å²) in [5.74, 6) is 0.995. The Morgan fingerprint density at radius 2 is 1.62 bits per heavy atom. The van der Waals surface area contributed by atoms with E-state index >= 15 is 0 Å². The highest BCUT2D eigenvalue weighted by molar-refractivity contribution is 7.92. The number of hydrogen-bond acceptors (Lipinski definition) is 6. The second kappa shape index (κ2) is 10.2. The zero-order valence-electron chi connectivity index (χ0n) is 17.2. The third kappa shape index (κ3) is 6.04. The van der Waals surface area contributed by atoms with Crippen molar-refractivity contribution in [2.45, 2.75) is 38.0 Å². The van der Waals surface area contributed by atoms with Crippen LogP contribution in [0.2, 0.25) is 0 Å². The van der Waals surface area contributed by atoms with E-state index in [-0.39, 0.29) is 17.3 Å². The number of rotatable bonds is 7. The summed E-state index contributed by atoms with van der Waals surface area (Å²) in [6, 6.07) is 6.94.